The van der Waals surface area contributed by atoms with Gasteiger partial charge in [-0.05, 0) is 18.8 Å². The number of imidazole rings is 1. The van der Waals surface area contributed by atoms with Gasteiger partial charge >= 0.3 is 0 Å². The number of thiazole rings is 1. The van der Waals surface area contributed by atoms with Crippen molar-refractivity contribution in [1.29, 1.82) is 0 Å². The molecular formula is C12H16ClN3O2S2. The normalized spacial score (nSPS) is 21.0. The molecule has 0 aromatic carbocycles. The van der Waals surface area contributed by atoms with E-state index in [0.29, 0.717) is 24.0 Å². The highest BCUT2D eigenvalue weighted by molar-refractivity contribution is 7.89. The Morgan fingerprint density at radius 2 is 2.35 bits per heavy atom. The van der Waals surface area contributed by atoms with Crippen molar-refractivity contribution in [2.45, 2.75) is 31.2 Å². The number of hydrogen-bond acceptors (Lipinski definition) is 4. The Labute approximate surface area is 127 Å². The van der Waals surface area contributed by atoms with Crippen LogP contribution >= 0.6 is 22.9 Å². The summed E-state index contributed by atoms with van der Waals surface area (Å²) in [6, 6.07) is 0. The summed E-state index contributed by atoms with van der Waals surface area (Å²) in [7, 11) is -3.57. The molecular weight excluding hydrogens is 318 g/mol. The summed E-state index contributed by atoms with van der Waals surface area (Å²) in [6.45, 7) is 3.28. The number of aromatic nitrogens is 2. The van der Waals surface area contributed by atoms with E-state index in [1.165, 1.54) is 11.3 Å². The summed E-state index contributed by atoms with van der Waals surface area (Å²) in [5.41, 5.74) is 0. The third-order valence-corrected chi connectivity index (χ3v) is 6.73. The van der Waals surface area contributed by atoms with Crippen LogP contribution in [0.1, 0.15) is 26.2 Å². The lowest BCUT2D eigenvalue weighted by Gasteiger charge is -2.16. The van der Waals surface area contributed by atoms with Crippen LogP contribution in [-0.2, 0) is 10.0 Å². The second kappa shape index (κ2) is 5.29. The topological polar surface area (TPSA) is 54.7 Å². The zero-order chi connectivity index (χ0) is 14.3. The van der Waals surface area contributed by atoms with E-state index in [2.05, 4.69) is 11.9 Å². The number of halogens is 1. The van der Waals surface area contributed by atoms with Crippen LogP contribution < -0.4 is 0 Å². The van der Waals surface area contributed by atoms with Gasteiger partial charge in [-0.15, -0.1) is 11.3 Å². The Morgan fingerprint density at radius 1 is 1.55 bits per heavy atom. The fourth-order valence-electron chi connectivity index (χ4n) is 2.75. The molecule has 1 atom stereocenters. The first-order chi connectivity index (χ1) is 9.54. The molecule has 0 radical (unpaired) electrons. The number of fused-ring (bicyclic) bond motifs is 1. The van der Waals surface area contributed by atoms with Gasteiger partial charge in [0.2, 0.25) is 0 Å². The minimum atomic E-state index is -3.57. The second-order valence-corrected chi connectivity index (χ2v) is 8.15. The van der Waals surface area contributed by atoms with Gasteiger partial charge in [0, 0.05) is 24.7 Å². The molecule has 0 saturated carbocycles. The third-order valence-electron chi connectivity index (χ3n) is 3.71. The van der Waals surface area contributed by atoms with Crippen molar-refractivity contribution in [1.82, 2.24) is 13.7 Å². The molecule has 3 rings (SSSR count). The first-order valence-corrected chi connectivity index (χ1v) is 9.35. The van der Waals surface area contributed by atoms with E-state index in [4.69, 9.17) is 11.6 Å². The highest BCUT2D eigenvalue weighted by Gasteiger charge is 2.36. The van der Waals surface area contributed by atoms with E-state index in [1.54, 1.807) is 14.9 Å². The van der Waals surface area contributed by atoms with E-state index in [-0.39, 0.29) is 10.2 Å². The maximum absolute atomic E-state index is 12.8. The van der Waals surface area contributed by atoms with Crippen molar-refractivity contribution >= 4 is 37.9 Å². The Bertz CT molecular complexity index is 722. The predicted molar refractivity (Wildman–Crippen MR) is 79.9 cm³/mol. The SMILES string of the molecule is CCCC1CCN(S(=O)(=O)c2c(Cl)nc3sccn23)C1. The van der Waals surface area contributed by atoms with Crippen molar-refractivity contribution in [3.63, 3.8) is 0 Å². The van der Waals surface area contributed by atoms with Crippen LogP contribution in [0.3, 0.4) is 0 Å². The fraction of sp³-hybridized carbons (Fsp3) is 0.583. The number of hydrogen-bond donors (Lipinski definition) is 0. The van der Waals surface area contributed by atoms with E-state index in [9.17, 15) is 8.42 Å². The maximum Gasteiger partial charge on any atom is 0.262 e. The van der Waals surface area contributed by atoms with Crippen LogP contribution in [-0.4, -0.2) is 35.2 Å². The van der Waals surface area contributed by atoms with Crippen molar-refractivity contribution in [3.05, 3.63) is 16.7 Å². The molecule has 2 aromatic rings. The molecule has 1 aliphatic rings. The molecule has 1 fully saturated rings. The standard InChI is InChI=1S/C12H16ClN3O2S2/c1-2-3-9-4-5-15(8-9)20(17,18)11-10(13)14-12-16(11)6-7-19-12/h6-7,9H,2-5,8H2,1H3. The molecule has 2 aromatic heterocycles. The number of nitrogens with zero attached hydrogens (tertiary/aromatic N) is 3. The van der Waals surface area contributed by atoms with Gasteiger partial charge in [-0.25, -0.2) is 13.4 Å². The predicted octanol–water partition coefficient (Wildman–Crippen LogP) is 2.86. The van der Waals surface area contributed by atoms with Crippen LogP contribution in [0.15, 0.2) is 16.6 Å². The molecule has 1 unspecified atom stereocenters. The van der Waals surface area contributed by atoms with Gasteiger partial charge < -0.3 is 0 Å². The van der Waals surface area contributed by atoms with E-state index < -0.39 is 10.0 Å². The van der Waals surface area contributed by atoms with Gasteiger partial charge in [-0.3, -0.25) is 4.40 Å². The summed E-state index contributed by atoms with van der Waals surface area (Å²) in [6.07, 6.45) is 4.78. The summed E-state index contributed by atoms with van der Waals surface area (Å²) in [5.74, 6) is 0.458. The van der Waals surface area contributed by atoms with Crippen molar-refractivity contribution in [2.24, 2.45) is 5.92 Å². The quantitative estimate of drug-likeness (QED) is 0.864. The lowest BCUT2D eigenvalue weighted by Crippen LogP contribution is -2.30. The number of rotatable bonds is 4. The van der Waals surface area contributed by atoms with E-state index in [1.807, 2.05) is 5.38 Å². The van der Waals surface area contributed by atoms with Gasteiger partial charge in [0.1, 0.15) is 0 Å². The smallest absolute Gasteiger partial charge is 0.262 e. The molecule has 5 nitrogen and oxygen atoms in total. The molecule has 0 N–H and O–H groups in total. The van der Waals surface area contributed by atoms with E-state index in [0.717, 1.165) is 19.3 Å². The van der Waals surface area contributed by atoms with Crippen LogP contribution in [0.2, 0.25) is 5.15 Å². The van der Waals surface area contributed by atoms with Gasteiger partial charge in [0.25, 0.3) is 10.0 Å². The lowest BCUT2D eigenvalue weighted by molar-refractivity contribution is 0.442. The molecule has 3 heterocycles. The van der Waals surface area contributed by atoms with Gasteiger partial charge in [-0.1, -0.05) is 24.9 Å². The van der Waals surface area contributed by atoms with Gasteiger partial charge in [0.15, 0.2) is 15.1 Å². The second-order valence-electron chi connectivity index (χ2n) is 5.07. The Morgan fingerprint density at radius 3 is 3.10 bits per heavy atom. The molecule has 0 aliphatic carbocycles. The minimum absolute atomic E-state index is 0.0655. The molecule has 0 amide bonds. The highest BCUT2D eigenvalue weighted by Crippen LogP contribution is 2.31. The van der Waals surface area contributed by atoms with Crippen LogP contribution in [0, 0.1) is 5.92 Å². The van der Waals surface area contributed by atoms with Crippen LogP contribution in [0.4, 0.5) is 0 Å². The first-order valence-electron chi connectivity index (χ1n) is 6.65. The van der Waals surface area contributed by atoms with Crippen LogP contribution in [0.5, 0.6) is 0 Å². The summed E-state index contributed by atoms with van der Waals surface area (Å²) < 4.78 is 28.6. The van der Waals surface area contributed by atoms with Crippen molar-refractivity contribution in [2.75, 3.05) is 13.1 Å². The number of sulfonamides is 1. The summed E-state index contributed by atoms with van der Waals surface area (Å²) >= 11 is 7.41. The van der Waals surface area contributed by atoms with Gasteiger partial charge in [0.05, 0.1) is 0 Å². The molecule has 0 spiro atoms. The monoisotopic (exact) mass is 333 g/mol. The van der Waals surface area contributed by atoms with Crippen LogP contribution in [0.25, 0.3) is 4.96 Å². The maximum atomic E-state index is 12.8. The molecule has 0 bridgehead atoms. The first kappa shape index (κ1) is 14.3. The van der Waals surface area contributed by atoms with Gasteiger partial charge in [-0.2, -0.15) is 4.31 Å². The van der Waals surface area contributed by atoms with E-state index >= 15 is 0 Å². The minimum Gasteiger partial charge on any atom is -0.279 e. The molecule has 1 saturated heterocycles. The molecule has 20 heavy (non-hydrogen) atoms. The molecule has 110 valence electrons. The third kappa shape index (κ3) is 2.26. The Kier molecular flexibility index (Phi) is 3.79. The summed E-state index contributed by atoms with van der Waals surface area (Å²) in [5, 5.41) is 1.98. The van der Waals surface area contributed by atoms with Crippen molar-refractivity contribution < 1.29 is 8.42 Å². The Balaban J connectivity index is 1.96. The average Bonchev–Trinajstić information content (AvgIpc) is 3.04. The summed E-state index contributed by atoms with van der Waals surface area (Å²) in [4.78, 5) is 4.72. The largest absolute Gasteiger partial charge is 0.279 e. The molecule has 8 heteroatoms. The zero-order valence-corrected chi connectivity index (χ0v) is 13.5. The fourth-order valence-corrected chi connectivity index (χ4v) is 5.69. The molecule has 1 aliphatic heterocycles. The average molecular weight is 334 g/mol. The Hall–Kier alpha value is -0.630. The zero-order valence-electron chi connectivity index (χ0n) is 11.1. The van der Waals surface area contributed by atoms with Crippen molar-refractivity contribution in [3.8, 4) is 0 Å². The lowest BCUT2D eigenvalue weighted by atomic mass is 10.0. The highest BCUT2D eigenvalue weighted by atomic mass is 35.5.